The Morgan fingerprint density at radius 3 is 2.48 bits per heavy atom. The minimum absolute atomic E-state index is 0.0598. The largest absolute Gasteiger partial charge is 0.425 e. The van der Waals surface area contributed by atoms with Crippen LogP contribution in [0.25, 0.3) is 0 Å². The molecule has 118 valence electrons. The zero-order valence-electron chi connectivity index (χ0n) is 11.4. The van der Waals surface area contributed by atoms with Gasteiger partial charge in [0.2, 0.25) is 0 Å². The molecule has 2 aromatic rings. The molecule has 2 aromatic carbocycles. The number of para-hydroxylation sites is 1. The number of benzene rings is 2. The summed E-state index contributed by atoms with van der Waals surface area (Å²) in [5.41, 5.74) is -1.08. The summed E-state index contributed by atoms with van der Waals surface area (Å²) in [5.74, 6) is 0.374. The normalized spacial score (nSPS) is 11.7. The van der Waals surface area contributed by atoms with E-state index in [0.29, 0.717) is 5.75 Å². The molecule has 0 aliphatic rings. The van der Waals surface area contributed by atoms with Crippen LogP contribution in [0, 0.1) is 11.5 Å². The van der Waals surface area contributed by atoms with E-state index in [1.807, 2.05) is 0 Å². The predicted octanol–water partition coefficient (Wildman–Crippen LogP) is 4.50. The molecule has 0 saturated heterocycles. The lowest BCUT2D eigenvalue weighted by Gasteiger charge is -2.10. The van der Waals surface area contributed by atoms with Gasteiger partial charge in [-0.3, -0.25) is 0 Å². The number of amidine groups is 1. The molecule has 8 heteroatoms. The lowest BCUT2D eigenvalue weighted by Crippen LogP contribution is -2.24. The fraction of sp³-hybridized carbons (Fsp3) is 0.0667. The number of nitrogens with one attached hydrogen (secondary N) is 1. The van der Waals surface area contributed by atoms with Gasteiger partial charge in [0.15, 0.2) is 6.19 Å². The summed E-state index contributed by atoms with van der Waals surface area (Å²) in [6.07, 6.45) is -2.99. The van der Waals surface area contributed by atoms with Crippen molar-refractivity contribution >= 4 is 23.3 Å². The van der Waals surface area contributed by atoms with E-state index in [2.05, 4.69) is 10.3 Å². The van der Waals surface area contributed by atoms with Gasteiger partial charge in [0.05, 0.1) is 16.3 Å². The molecule has 0 heterocycles. The molecular weight excluding hydrogens is 331 g/mol. The van der Waals surface area contributed by atoms with Crippen molar-refractivity contribution in [1.29, 1.82) is 5.26 Å². The second-order valence-corrected chi connectivity index (χ2v) is 4.64. The second-order valence-electron chi connectivity index (χ2n) is 4.23. The number of rotatable bonds is 2. The van der Waals surface area contributed by atoms with Crippen molar-refractivity contribution in [2.24, 2.45) is 4.99 Å². The summed E-state index contributed by atoms with van der Waals surface area (Å²) in [7, 11) is 0. The molecule has 0 aliphatic heterocycles. The maximum atomic E-state index is 12.8. The summed E-state index contributed by atoms with van der Waals surface area (Å²) < 4.78 is 43.8. The van der Waals surface area contributed by atoms with Gasteiger partial charge < -0.3 is 4.74 Å². The lowest BCUT2D eigenvalue weighted by molar-refractivity contribution is -0.137. The third kappa shape index (κ3) is 4.63. The monoisotopic (exact) mass is 339 g/mol. The maximum absolute atomic E-state index is 12.8. The van der Waals surface area contributed by atoms with Gasteiger partial charge in [-0.25, -0.2) is 5.32 Å². The van der Waals surface area contributed by atoms with Gasteiger partial charge in [-0.1, -0.05) is 29.8 Å². The van der Waals surface area contributed by atoms with E-state index in [0.717, 1.165) is 12.1 Å². The van der Waals surface area contributed by atoms with Crippen LogP contribution in [0.2, 0.25) is 5.02 Å². The number of ether oxygens (including phenoxy) is 1. The fourth-order valence-corrected chi connectivity index (χ4v) is 1.87. The first-order chi connectivity index (χ1) is 10.9. The molecule has 0 bridgehead atoms. The van der Waals surface area contributed by atoms with Gasteiger partial charge in [-0.15, -0.1) is 0 Å². The highest BCUT2D eigenvalue weighted by Crippen LogP contribution is 2.36. The van der Waals surface area contributed by atoms with E-state index in [9.17, 15) is 13.2 Å². The summed E-state index contributed by atoms with van der Waals surface area (Å²) in [6.45, 7) is 0. The molecule has 0 saturated carbocycles. The van der Waals surface area contributed by atoms with Crippen LogP contribution in [-0.2, 0) is 6.18 Å². The van der Waals surface area contributed by atoms with Crippen molar-refractivity contribution in [2.75, 3.05) is 0 Å². The zero-order valence-corrected chi connectivity index (χ0v) is 12.2. The number of hydrogen-bond donors (Lipinski definition) is 1. The topological polar surface area (TPSA) is 57.4 Å². The molecule has 0 atom stereocenters. The Kier molecular flexibility index (Phi) is 5.09. The van der Waals surface area contributed by atoms with E-state index in [1.165, 1.54) is 6.07 Å². The first-order valence-electron chi connectivity index (χ1n) is 6.23. The minimum atomic E-state index is -4.61. The molecule has 0 radical (unpaired) electrons. The van der Waals surface area contributed by atoms with Gasteiger partial charge in [-0.05, 0) is 30.3 Å². The van der Waals surface area contributed by atoms with Crippen molar-refractivity contribution < 1.29 is 17.9 Å². The molecule has 0 amide bonds. The summed E-state index contributed by atoms with van der Waals surface area (Å²) in [6, 6.07) is 11.3. The first-order valence-corrected chi connectivity index (χ1v) is 6.61. The Hall–Kier alpha value is -2.72. The van der Waals surface area contributed by atoms with Gasteiger partial charge in [0.25, 0.3) is 0 Å². The standard InChI is InChI=1S/C15H9ClF3N3O/c16-13-7-6-10(8-12(13)15(17,18)19)22-14(21-9-20)23-11-4-2-1-3-5-11/h1-8H,(H,21,22). The molecule has 0 spiro atoms. The Morgan fingerprint density at radius 1 is 1.17 bits per heavy atom. The molecule has 2 rings (SSSR count). The van der Waals surface area contributed by atoms with Crippen molar-refractivity contribution in [3.63, 3.8) is 0 Å². The third-order valence-corrected chi connectivity index (χ3v) is 2.94. The van der Waals surface area contributed by atoms with Crippen LogP contribution in [0.3, 0.4) is 0 Å². The second kappa shape index (κ2) is 7.03. The third-order valence-electron chi connectivity index (χ3n) is 2.61. The molecule has 0 fully saturated rings. The summed E-state index contributed by atoms with van der Waals surface area (Å²) >= 11 is 5.54. The van der Waals surface area contributed by atoms with E-state index in [-0.39, 0.29) is 11.7 Å². The van der Waals surface area contributed by atoms with E-state index in [1.54, 1.807) is 36.5 Å². The number of nitriles is 1. The van der Waals surface area contributed by atoms with Crippen molar-refractivity contribution in [3.05, 3.63) is 59.1 Å². The van der Waals surface area contributed by atoms with Crippen LogP contribution in [0.15, 0.2) is 53.5 Å². The number of aliphatic imine (C=N–C) groups is 1. The SMILES string of the molecule is N#CNC(=Nc1ccc(Cl)c(C(F)(F)F)c1)Oc1ccccc1. The fourth-order valence-electron chi connectivity index (χ4n) is 1.64. The Morgan fingerprint density at radius 2 is 1.87 bits per heavy atom. The average molecular weight is 340 g/mol. The highest BCUT2D eigenvalue weighted by atomic mass is 35.5. The Labute approximate surface area is 134 Å². The smallest absolute Gasteiger partial charge is 0.417 e. The van der Waals surface area contributed by atoms with Crippen LogP contribution in [-0.4, -0.2) is 6.02 Å². The van der Waals surface area contributed by atoms with Crippen LogP contribution >= 0.6 is 11.6 Å². The molecule has 0 unspecified atom stereocenters. The molecule has 0 aliphatic carbocycles. The van der Waals surface area contributed by atoms with Gasteiger partial charge in [0, 0.05) is 0 Å². The lowest BCUT2D eigenvalue weighted by atomic mass is 10.2. The van der Waals surface area contributed by atoms with Gasteiger partial charge in [0.1, 0.15) is 5.75 Å². The number of halogens is 4. The highest BCUT2D eigenvalue weighted by Gasteiger charge is 2.33. The molecule has 1 N–H and O–H groups in total. The van der Waals surface area contributed by atoms with E-state index < -0.39 is 16.8 Å². The number of nitrogens with zero attached hydrogens (tertiary/aromatic N) is 2. The summed E-state index contributed by atoms with van der Waals surface area (Å²) in [4.78, 5) is 3.86. The molecule has 23 heavy (non-hydrogen) atoms. The van der Waals surface area contributed by atoms with Crippen molar-refractivity contribution in [3.8, 4) is 11.9 Å². The Balaban J connectivity index is 2.34. The molecule has 4 nitrogen and oxygen atoms in total. The van der Waals surface area contributed by atoms with Crippen LogP contribution < -0.4 is 10.1 Å². The molecular formula is C15H9ClF3N3O. The van der Waals surface area contributed by atoms with Crippen LogP contribution in [0.4, 0.5) is 18.9 Å². The number of alkyl halides is 3. The van der Waals surface area contributed by atoms with Crippen molar-refractivity contribution in [2.45, 2.75) is 6.18 Å². The predicted molar refractivity (Wildman–Crippen MR) is 79.4 cm³/mol. The first kappa shape index (κ1) is 16.6. The molecule has 0 aromatic heterocycles. The summed E-state index contributed by atoms with van der Waals surface area (Å²) in [5, 5.41) is 10.4. The maximum Gasteiger partial charge on any atom is 0.417 e. The van der Waals surface area contributed by atoms with Crippen molar-refractivity contribution in [1.82, 2.24) is 5.32 Å². The quantitative estimate of drug-likeness (QED) is 0.379. The van der Waals surface area contributed by atoms with Gasteiger partial charge in [-0.2, -0.15) is 23.4 Å². The minimum Gasteiger partial charge on any atom is -0.425 e. The average Bonchev–Trinajstić information content (AvgIpc) is 2.49. The van der Waals surface area contributed by atoms with E-state index in [4.69, 9.17) is 21.6 Å². The Bertz CT molecular complexity index is 755. The van der Waals surface area contributed by atoms with Gasteiger partial charge >= 0.3 is 12.2 Å². The zero-order chi connectivity index (χ0) is 16.9. The number of hydrogen-bond acceptors (Lipinski definition) is 3. The highest BCUT2D eigenvalue weighted by molar-refractivity contribution is 6.31. The van der Waals surface area contributed by atoms with Crippen LogP contribution in [0.1, 0.15) is 5.56 Å². The van der Waals surface area contributed by atoms with E-state index >= 15 is 0 Å². The van der Waals surface area contributed by atoms with Crippen LogP contribution in [0.5, 0.6) is 5.75 Å².